The van der Waals surface area contributed by atoms with Crippen LogP contribution in [-0.4, -0.2) is 41.3 Å². The fourth-order valence-corrected chi connectivity index (χ4v) is 1.57. The molecule has 0 radical (unpaired) electrons. The average molecular weight is 221 g/mol. The zero-order valence-corrected chi connectivity index (χ0v) is 8.53. The van der Waals surface area contributed by atoms with Gasteiger partial charge in [-0.1, -0.05) is 0 Å². The number of hydrogen-bond donors (Lipinski definition) is 2. The van der Waals surface area contributed by atoms with Crippen LogP contribution in [0.5, 0.6) is 0 Å². The minimum atomic E-state index is -0.406. The number of H-pyrrole nitrogens is 1. The second-order valence-electron chi connectivity index (χ2n) is 3.50. The first kappa shape index (κ1) is 10.4. The van der Waals surface area contributed by atoms with Gasteiger partial charge < -0.3 is 15.2 Å². The van der Waals surface area contributed by atoms with Crippen molar-refractivity contribution in [2.75, 3.05) is 19.6 Å². The van der Waals surface area contributed by atoms with Gasteiger partial charge in [0.1, 0.15) is 5.56 Å². The highest BCUT2D eigenvalue weighted by molar-refractivity contribution is 5.96. The molecule has 0 saturated carbocycles. The van der Waals surface area contributed by atoms with Crippen LogP contribution in [0.4, 0.5) is 0 Å². The number of aromatic nitrogens is 1. The van der Waals surface area contributed by atoms with E-state index < -0.39 is 5.91 Å². The molecule has 6 nitrogen and oxygen atoms in total. The number of hydrogen-bond acceptors (Lipinski definition) is 3. The smallest absolute Gasteiger partial charge is 0.259 e. The van der Waals surface area contributed by atoms with Gasteiger partial charge in [0, 0.05) is 31.5 Å². The second-order valence-corrected chi connectivity index (χ2v) is 3.50. The van der Waals surface area contributed by atoms with E-state index in [1.165, 1.54) is 23.4 Å². The van der Waals surface area contributed by atoms with Gasteiger partial charge in [0.2, 0.25) is 5.91 Å². The minimum Gasteiger partial charge on any atom is -0.367 e. The molecule has 0 aromatic carbocycles. The average Bonchev–Trinajstić information content (AvgIpc) is 2.29. The zero-order valence-electron chi connectivity index (χ0n) is 8.53. The highest BCUT2D eigenvalue weighted by Crippen LogP contribution is 2.00. The maximum Gasteiger partial charge on any atom is 0.259 e. The molecule has 2 amide bonds. The van der Waals surface area contributed by atoms with Crippen LogP contribution in [0.2, 0.25) is 0 Å². The van der Waals surface area contributed by atoms with E-state index in [-0.39, 0.29) is 23.4 Å². The third kappa shape index (κ3) is 1.95. The Morgan fingerprint density at radius 3 is 2.88 bits per heavy atom. The molecular weight excluding hydrogens is 210 g/mol. The van der Waals surface area contributed by atoms with Crippen molar-refractivity contribution in [3.63, 3.8) is 0 Å². The van der Waals surface area contributed by atoms with Crippen LogP contribution in [0, 0.1) is 0 Å². The molecule has 2 heterocycles. The summed E-state index contributed by atoms with van der Waals surface area (Å²) in [6.07, 6.45) is 2.82. The third-order valence-electron chi connectivity index (χ3n) is 2.38. The molecule has 1 aliphatic rings. The van der Waals surface area contributed by atoms with Gasteiger partial charge in [-0.15, -0.1) is 0 Å². The van der Waals surface area contributed by atoms with Gasteiger partial charge in [0.05, 0.1) is 6.54 Å². The zero-order chi connectivity index (χ0) is 11.5. The quantitative estimate of drug-likeness (QED) is 0.634. The van der Waals surface area contributed by atoms with Crippen molar-refractivity contribution in [3.8, 4) is 0 Å². The Morgan fingerprint density at radius 2 is 2.19 bits per heavy atom. The predicted octanol–water partition coefficient (Wildman–Crippen LogP) is -1.05. The molecule has 0 bridgehead atoms. The molecule has 0 atom stereocenters. The van der Waals surface area contributed by atoms with Gasteiger partial charge >= 0.3 is 0 Å². The van der Waals surface area contributed by atoms with Crippen LogP contribution >= 0.6 is 0 Å². The summed E-state index contributed by atoms with van der Waals surface area (Å²) in [5.74, 6) is -0.608. The summed E-state index contributed by atoms with van der Waals surface area (Å²) in [6, 6.07) is 1.29. The van der Waals surface area contributed by atoms with Gasteiger partial charge in [0.15, 0.2) is 5.43 Å². The maximum atomic E-state index is 11.9. The molecule has 84 valence electrons. The number of rotatable bonds is 1. The van der Waals surface area contributed by atoms with Gasteiger partial charge in [-0.2, -0.15) is 0 Å². The maximum absolute atomic E-state index is 11.9. The Kier molecular flexibility index (Phi) is 2.72. The molecular formula is C10H11N3O3. The third-order valence-corrected chi connectivity index (χ3v) is 2.38. The van der Waals surface area contributed by atoms with Crippen molar-refractivity contribution in [3.05, 3.63) is 34.2 Å². The number of nitrogens with one attached hydrogen (secondary N) is 2. The van der Waals surface area contributed by atoms with Crippen LogP contribution in [0.25, 0.3) is 0 Å². The monoisotopic (exact) mass is 221 g/mol. The van der Waals surface area contributed by atoms with Crippen molar-refractivity contribution in [2.45, 2.75) is 0 Å². The van der Waals surface area contributed by atoms with Crippen LogP contribution in [0.15, 0.2) is 23.3 Å². The Morgan fingerprint density at radius 1 is 1.38 bits per heavy atom. The topological polar surface area (TPSA) is 82.3 Å². The highest BCUT2D eigenvalue weighted by atomic mass is 16.2. The Labute approximate surface area is 91.3 Å². The van der Waals surface area contributed by atoms with Gasteiger partial charge in [-0.25, -0.2) is 0 Å². The first-order valence-corrected chi connectivity index (χ1v) is 4.91. The fraction of sp³-hybridized carbons (Fsp3) is 0.300. The molecule has 1 aliphatic heterocycles. The normalized spacial score (nSPS) is 15.8. The fourth-order valence-electron chi connectivity index (χ4n) is 1.57. The molecule has 1 saturated heterocycles. The predicted molar refractivity (Wildman–Crippen MR) is 56.0 cm³/mol. The van der Waals surface area contributed by atoms with Crippen molar-refractivity contribution in [2.24, 2.45) is 0 Å². The number of carbonyl (C=O) groups excluding carboxylic acids is 2. The summed E-state index contributed by atoms with van der Waals surface area (Å²) >= 11 is 0. The number of aromatic amines is 1. The molecule has 2 rings (SSSR count). The lowest BCUT2D eigenvalue weighted by Crippen LogP contribution is -2.50. The van der Waals surface area contributed by atoms with E-state index in [4.69, 9.17) is 0 Å². The second kappa shape index (κ2) is 4.18. The summed E-state index contributed by atoms with van der Waals surface area (Å²) in [5, 5.41) is 2.61. The highest BCUT2D eigenvalue weighted by Gasteiger charge is 2.23. The van der Waals surface area contributed by atoms with E-state index >= 15 is 0 Å². The Balaban J connectivity index is 2.22. The lowest BCUT2D eigenvalue weighted by atomic mass is 10.2. The lowest BCUT2D eigenvalue weighted by molar-refractivity contribution is -0.123. The summed E-state index contributed by atoms with van der Waals surface area (Å²) < 4.78 is 0. The van der Waals surface area contributed by atoms with Crippen LogP contribution in [0.3, 0.4) is 0 Å². The molecule has 1 aromatic rings. The summed E-state index contributed by atoms with van der Waals surface area (Å²) in [5.41, 5.74) is -0.271. The standard InChI is InChI=1S/C10H11N3O3/c14-8-1-2-11-5-7(8)10(16)13-4-3-12-9(15)6-13/h1-2,5H,3-4,6H2,(H,11,14)(H,12,15). The molecule has 6 heteroatoms. The molecule has 0 unspecified atom stereocenters. The first-order valence-electron chi connectivity index (χ1n) is 4.91. The number of nitrogens with zero attached hydrogens (tertiary/aromatic N) is 1. The van der Waals surface area contributed by atoms with Gasteiger partial charge in [-0.3, -0.25) is 14.4 Å². The lowest BCUT2D eigenvalue weighted by Gasteiger charge is -2.26. The minimum absolute atomic E-state index is 0.00711. The van der Waals surface area contributed by atoms with E-state index in [9.17, 15) is 14.4 Å². The number of amides is 2. The van der Waals surface area contributed by atoms with Crippen molar-refractivity contribution >= 4 is 11.8 Å². The van der Waals surface area contributed by atoms with Crippen molar-refractivity contribution in [1.29, 1.82) is 0 Å². The van der Waals surface area contributed by atoms with E-state index in [0.29, 0.717) is 13.1 Å². The van der Waals surface area contributed by atoms with E-state index in [0.717, 1.165) is 0 Å². The number of piperazine rings is 1. The van der Waals surface area contributed by atoms with E-state index in [2.05, 4.69) is 10.3 Å². The number of pyridine rings is 1. The SMILES string of the molecule is O=C1CN(C(=O)c2c[nH]ccc2=O)CCN1. The Hall–Kier alpha value is -2.11. The molecule has 1 aromatic heterocycles. The van der Waals surface area contributed by atoms with Crippen LogP contribution in [-0.2, 0) is 4.79 Å². The molecule has 0 spiro atoms. The summed E-state index contributed by atoms with van der Waals surface area (Å²) in [4.78, 5) is 38.5. The van der Waals surface area contributed by atoms with Crippen LogP contribution < -0.4 is 10.7 Å². The van der Waals surface area contributed by atoms with Gasteiger partial charge in [-0.05, 0) is 0 Å². The first-order chi connectivity index (χ1) is 7.68. The van der Waals surface area contributed by atoms with Crippen molar-refractivity contribution in [1.82, 2.24) is 15.2 Å². The molecule has 0 aliphatic carbocycles. The van der Waals surface area contributed by atoms with E-state index in [1.54, 1.807) is 0 Å². The van der Waals surface area contributed by atoms with Gasteiger partial charge in [0.25, 0.3) is 5.91 Å². The van der Waals surface area contributed by atoms with E-state index in [1.807, 2.05) is 0 Å². The molecule has 16 heavy (non-hydrogen) atoms. The van der Waals surface area contributed by atoms with Crippen LogP contribution in [0.1, 0.15) is 10.4 Å². The summed E-state index contributed by atoms with van der Waals surface area (Å²) in [6.45, 7) is 0.862. The number of carbonyl (C=O) groups is 2. The Bertz CT molecular complexity index is 480. The molecule has 2 N–H and O–H groups in total. The summed E-state index contributed by atoms with van der Waals surface area (Å²) in [7, 11) is 0. The molecule has 1 fully saturated rings. The largest absolute Gasteiger partial charge is 0.367 e. The van der Waals surface area contributed by atoms with Crippen molar-refractivity contribution < 1.29 is 9.59 Å².